The molecule has 8 heteroatoms. The maximum atomic E-state index is 11.8. The van der Waals surface area contributed by atoms with E-state index >= 15 is 0 Å². The highest BCUT2D eigenvalue weighted by molar-refractivity contribution is 6.04. The first-order valence-electron chi connectivity index (χ1n) is 6.60. The Morgan fingerprint density at radius 1 is 1.22 bits per heavy atom. The molecule has 1 rings (SSSR count). The molecule has 8 nitrogen and oxygen atoms in total. The van der Waals surface area contributed by atoms with Crippen molar-refractivity contribution in [1.82, 2.24) is 0 Å². The van der Waals surface area contributed by atoms with Crippen LogP contribution < -0.4 is 0 Å². The average molecular weight is 324 g/mol. The number of carboxylic acids is 3. The van der Waals surface area contributed by atoms with Gasteiger partial charge in [0.15, 0.2) is 0 Å². The normalized spacial score (nSPS) is 23.3. The van der Waals surface area contributed by atoms with Gasteiger partial charge in [0.05, 0.1) is 11.1 Å². The number of hydrogen-bond donors (Lipinski definition) is 3. The minimum atomic E-state index is -2.31. The lowest BCUT2D eigenvalue weighted by atomic mass is 9.74. The smallest absolute Gasteiger partial charge is 0.353 e. The Morgan fingerprint density at radius 3 is 2.13 bits per heavy atom. The van der Waals surface area contributed by atoms with E-state index in [2.05, 4.69) is 6.58 Å². The summed E-state index contributed by atoms with van der Waals surface area (Å²) in [6.07, 6.45) is 1.65. The van der Waals surface area contributed by atoms with Gasteiger partial charge in [-0.05, 0) is 25.5 Å². The fourth-order valence-electron chi connectivity index (χ4n) is 2.38. The third-order valence-corrected chi connectivity index (χ3v) is 3.47. The summed E-state index contributed by atoms with van der Waals surface area (Å²) in [6.45, 7) is 6.12. The van der Waals surface area contributed by atoms with Crippen LogP contribution in [-0.2, 0) is 23.9 Å². The predicted octanol–water partition coefficient (Wildman–Crippen LogP) is 0.991. The summed E-state index contributed by atoms with van der Waals surface area (Å²) < 4.78 is 5.00. The van der Waals surface area contributed by atoms with Crippen molar-refractivity contribution >= 4 is 23.9 Å². The molecule has 2 atom stereocenters. The number of esters is 1. The first-order valence-corrected chi connectivity index (χ1v) is 6.60. The van der Waals surface area contributed by atoms with Gasteiger partial charge in [0.2, 0.25) is 5.60 Å². The van der Waals surface area contributed by atoms with Crippen LogP contribution in [0.15, 0.2) is 35.5 Å². The van der Waals surface area contributed by atoms with Crippen LogP contribution >= 0.6 is 0 Å². The summed E-state index contributed by atoms with van der Waals surface area (Å²) in [6, 6.07) is 0. The highest BCUT2D eigenvalue weighted by Crippen LogP contribution is 2.39. The fourth-order valence-corrected chi connectivity index (χ4v) is 2.38. The molecule has 0 aliphatic heterocycles. The zero-order valence-corrected chi connectivity index (χ0v) is 12.5. The zero-order chi connectivity index (χ0) is 17.9. The van der Waals surface area contributed by atoms with E-state index in [0.29, 0.717) is 0 Å². The van der Waals surface area contributed by atoms with Crippen LogP contribution in [0, 0.1) is 5.92 Å². The number of aliphatic carboxylic acids is 3. The Hall–Kier alpha value is -2.90. The van der Waals surface area contributed by atoms with Gasteiger partial charge in [0, 0.05) is 11.5 Å². The molecule has 2 unspecified atom stereocenters. The van der Waals surface area contributed by atoms with Gasteiger partial charge in [0.1, 0.15) is 0 Å². The van der Waals surface area contributed by atoms with Gasteiger partial charge >= 0.3 is 23.9 Å². The van der Waals surface area contributed by atoms with Crippen LogP contribution in [0.5, 0.6) is 0 Å². The maximum Gasteiger partial charge on any atom is 0.353 e. The van der Waals surface area contributed by atoms with E-state index in [1.54, 1.807) is 0 Å². The van der Waals surface area contributed by atoms with Gasteiger partial charge < -0.3 is 20.1 Å². The van der Waals surface area contributed by atoms with Crippen molar-refractivity contribution in [3.8, 4) is 0 Å². The van der Waals surface area contributed by atoms with Crippen LogP contribution in [0.3, 0.4) is 0 Å². The lowest BCUT2D eigenvalue weighted by Crippen LogP contribution is -2.51. The van der Waals surface area contributed by atoms with Gasteiger partial charge in [-0.25, -0.2) is 19.2 Å². The van der Waals surface area contributed by atoms with Crippen LogP contribution in [0.1, 0.15) is 20.3 Å². The maximum absolute atomic E-state index is 11.8. The molecule has 0 radical (unpaired) electrons. The van der Waals surface area contributed by atoms with Crippen LogP contribution in [0.4, 0.5) is 0 Å². The third kappa shape index (κ3) is 3.15. The Balaban J connectivity index is 3.57. The molecule has 23 heavy (non-hydrogen) atoms. The lowest BCUT2D eigenvalue weighted by molar-refractivity contribution is -0.175. The van der Waals surface area contributed by atoms with Crippen LogP contribution in [0.25, 0.3) is 0 Å². The van der Waals surface area contributed by atoms with E-state index in [0.717, 1.165) is 12.2 Å². The standard InChI is InChI=1S/C15H16O8/c1-4-9-10(12(18)19)8(11(16)17)5-6-15(9,14(21)22)23-13(20)7(2)3/h5-6,9H,2,4H2,1,3H3,(H,16,17)(H,18,19)(H,21,22). The SMILES string of the molecule is C=C(C)C(=O)OC1(C(=O)O)C=CC(C(=O)O)=C(C(=O)O)C1CC. The quantitative estimate of drug-likeness (QED) is 0.485. The average Bonchev–Trinajstić information content (AvgIpc) is 2.45. The highest BCUT2D eigenvalue weighted by atomic mass is 16.6. The van der Waals surface area contributed by atoms with Gasteiger partial charge in [0.25, 0.3) is 0 Å². The summed E-state index contributed by atoms with van der Waals surface area (Å²) in [5.41, 5.74) is -3.55. The Labute approximate surface area is 131 Å². The first-order chi connectivity index (χ1) is 10.6. The second-order valence-corrected chi connectivity index (χ2v) is 5.00. The second-order valence-electron chi connectivity index (χ2n) is 5.00. The van der Waals surface area contributed by atoms with Gasteiger partial charge in [-0.15, -0.1) is 0 Å². The largest absolute Gasteiger partial charge is 0.478 e. The molecule has 0 aromatic heterocycles. The topological polar surface area (TPSA) is 138 Å². The first kappa shape index (κ1) is 18.1. The third-order valence-electron chi connectivity index (χ3n) is 3.47. The molecule has 0 aromatic carbocycles. The molecule has 0 saturated heterocycles. The number of rotatable bonds is 6. The van der Waals surface area contributed by atoms with E-state index in [1.165, 1.54) is 13.8 Å². The molecule has 0 saturated carbocycles. The molecule has 3 N–H and O–H groups in total. The monoisotopic (exact) mass is 324 g/mol. The molecular formula is C15H16O8. The molecule has 0 spiro atoms. The summed E-state index contributed by atoms with van der Waals surface area (Å²) in [4.78, 5) is 46.2. The minimum absolute atomic E-state index is 0.0706. The van der Waals surface area contributed by atoms with Crippen LogP contribution in [0.2, 0.25) is 0 Å². The molecule has 0 fully saturated rings. The van der Waals surface area contributed by atoms with E-state index in [1.807, 2.05) is 0 Å². The molecule has 1 aliphatic carbocycles. The second kappa shape index (κ2) is 6.47. The molecule has 0 bridgehead atoms. The molecule has 0 amide bonds. The van der Waals surface area contributed by atoms with Crippen molar-refractivity contribution in [3.05, 3.63) is 35.5 Å². The highest BCUT2D eigenvalue weighted by Gasteiger charge is 2.53. The molecular weight excluding hydrogens is 308 g/mol. The Morgan fingerprint density at radius 2 is 1.78 bits per heavy atom. The van der Waals surface area contributed by atoms with Crippen molar-refractivity contribution < 1.29 is 39.2 Å². The van der Waals surface area contributed by atoms with E-state index in [4.69, 9.17) is 9.84 Å². The fraction of sp³-hybridized carbons (Fsp3) is 0.333. The number of carboxylic acid groups (broad SMARTS) is 3. The number of ether oxygens (including phenoxy) is 1. The lowest BCUT2D eigenvalue weighted by Gasteiger charge is -2.36. The van der Waals surface area contributed by atoms with E-state index < -0.39 is 46.5 Å². The molecule has 0 aromatic rings. The minimum Gasteiger partial charge on any atom is -0.478 e. The number of carbonyl (C=O) groups excluding carboxylic acids is 1. The summed E-state index contributed by atoms with van der Waals surface area (Å²) in [7, 11) is 0. The van der Waals surface area contributed by atoms with Crippen molar-refractivity contribution in [2.75, 3.05) is 0 Å². The molecule has 124 valence electrons. The van der Waals surface area contributed by atoms with Gasteiger partial charge in [-0.1, -0.05) is 13.5 Å². The summed E-state index contributed by atoms with van der Waals surface area (Å²) in [5, 5.41) is 27.9. The Bertz CT molecular complexity index is 654. The Kier molecular flexibility index (Phi) is 5.11. The molecule has 1 aliphatic rings. The van der Waals surface area contributed by atoms with Gasteiger partial charge in [-0.3, -0.25) is 0 Å². The molecule has 0 heterocycles. The summed E-state index contributed by atoms with van der Waals surface area (Å²) in [5.74, 6) is -7.08. The van der Waals surface area contributed by atoms with Crippen molar-refractivity contribution in [1.29, 1.82) is 0 Å². The number of carbonyl (C=O) groups is 4. The number of hydrogen-bond acceptors (Lipinski definition) is 5. The predicted molar refractivity (Wildman–Crippen MR) is 76.5 cm³/mol. The van der Waals surface area contributed by atoms with Crippen molar-refractivity contribution in [2.24, 2.45) is 5.92 Å². The van der Waals surface area contributed by atoms with Crippen molar-refractivity contribution in [3.63, 3.8) is 0 Å². The van der Waals surface area contributed by atoms with Crippen molar-refractivity contribution in [2.45, 2.75) is 25.9 Å². The summed E-state index contributed by atoms with van der Waals surface area (Å²) >= 11 is 0. The van der Waals surface area contributed by atoms with E-state index in [-0.39, 0.29) is 12.0 Å². The van der Waals surface area contributed by atoms with Gasteiger partial charge in [-0.2, -0.15) is 0 Å². The van der Waals surface area contributed by atoms with E-state index in [9.17, 15) is 29.4 Å². The van der Waals surface area contributed by atoms with Crippen LogP contribution in [-0.4, -0.2) is 44.8 Å². The zero-order valence-electron chi connectivity index (χ0n) is 12.5.